The summed E-state index contributed by atoms with van der Waals surface area (Å²) in [6.45, 7) is 7.27. The van der Waals surface area contributed by atoms with E-state index < -0.39 is 0 Å². The van der Waals surface area contributed by atoms with Crippen LogP contribution in [-0.4, -0.2) is 66.5 Å². The molecule has 0 aliphatic heterocycles. The summed E-state index contributed by atoms with van der Waals surface area (Å²) in [6, 6.07) is 6.03. The number of halogens is 1. The minimum absolute atomic E-state index is 0. The van der Waals surface area contributed by atoms with Crippen molar-refractivity contribution in [2.45, 2.75) is 33.2 Å². The van der Waals surface area contributed by atoms with Crippen LogP contribution in [0.3, 0.4) is 0 Å². The van der Waals surface area contributed by atoms with Crippen LogP contribution < -0.4 is 14.8 Å². The second-order valence-corrected chi connectivity index (χ2v) is 6.39. The molecular formula is C20H33IN6O2. The van der Waals surface area contributed by atoms with Crippen molar-refractivity contribution < 1.29 is 9.47 Å². The molecular weight excluding hydrogens is 483 g/mol. The molecule has 0 radical (unpaired) electrons. The molecule has 1 aromatic carbocycles. The van der Waals surface area contributed by atoms with E-state index in [1.165, 1.54) is 5.56 Å². The molecule has 0 spiro atoms. The molecule has 9 heteroatoms. The van der Waals surface area contributed by atoms with Crippen molar-refractivity contribution in [3.63, 3.8) is 0 Å². The number of likely N-dealkylation sites (N-methyl/N-ethyl adjacent to an activating group) is 1. The molecule has 0 atom stereocenters. The van der Waals surface area contributed by atoms with Gasteiger partial charge in [0.15, 0.2) is 17.5 Å². The summed E-state index contributed by atoms with van der Waals surface area (Å²) in [4.78, 5) is 6.89. The van der Waals surface area contributed by atoms with Gasteiger partial charge in [0.25, 0.3) is 0 Å². The SMILES string of the molecule is CCNC(=NCCn1cnnc1CC)N(C)CCc1ccc(OC)c(OC)c1.I. The highest BCUT2D eigenvalue weighted by Gasteiger charge is 2.09. The summed E-state index contributed by atoms with van der Waals surface area (Å²) in [6.07, 6.45) is 3.52. The van der Waals surface area contributed by atoms with E-state index in [1.807, 2.05) is 12.1 Å². The maximum absolute atomic E-state index is 5.39. The second kappa shape index (κ2) is 13.2. The topological polar surface area (TPSA) is 76.8 Å². The highest BCUT2D eigenvalue weighted by molar-refractivity contribution is 14.0. The minimum Gasteiger partial charge on any atom is -0.493 e. The fraction of sp³-hybridized carbons (Fsp3) is 0.550. The summed E-state index contributed by atoms with van der Waals surface area (Å²) in [5.74, 6) is 3.38. The number of rotatable bonds is 10. The van der Waals surface area contributed by atoms with Crippen molar-refractivity contribution in [3.05, 3.63) is 35.9 Å². The van der Waals surface area contributed by atoms with Gasteiger partial charge in [0.2, 0.25) is 0 Å². The van der Waals surface area contributed by atoms with Crippen molar-refractivity contribution >= 4 is 29.9 Å². The summed E-state index contributed by atoms with van der Waals surface area (Å²) in [5, 5.41) is 11.4. The van der Waals surface area contributed by atoms with E-state index in [4.69, 9.17) is 14.5 Å². The molecule has 2 rings (SSSR count). The van der Waals surface area contributed by atoms with Gasteiger partial charge >= 0.3 is 0 Å². The first kappa shape index (κ1) is 25.0. The third-order valence-corrected chi connectivity index (χ3v) is 4.49. The average molecular weight is 516 g/mol. The number of aryl methyl sites for hydroxylation is 1. The van der Waals surface area contributed by atoms with Gasteiger partial charge in [0.1, 0.15) is 12.2 Å². The Bertz CT molecular complexity index is 765. The monoisotopic (exact) mass is 516 g/mol. The zero-order valence-electron chi connectivity index (χ0n) is 18.0. The second-order valence-electron chi connectivity index (χ2n) is 6.39. The number of aliphatic imine (C=N–C) groups is 1. The summed E-state index contributed by atoms with van der Waals surface area (Å²) in [7, 11) is 5.36. The fourth-order valence-corrected chi connectivity index (χ4v) is 2.91. The number of hydrogen-bond acceptors (Lipinski definition) is 5. The highest BCUT2D eigenvalue weighted by Crippen LogP contribution is 2.27. The van der Waals surface area contributed by atoms with Crippen LogP contribution in [0.2, 0.25) is 0 Å². The van der Waals surface area contributed by atoms with E-state index in [2.05, 4.69) is 51.9 Å². The Balaban J connectivity index is 0.00000420. The van der Waals surface area contributed by atoms with Crippen LogP contribution in [-0.2, 0) is 19.4 Å². The molecule has 0 aliphatic carbocycles. The highest BCUT2D eigenvalue weighted by atomic mass is 127. The van der Waals surface area contributed by atoms with Gasteiger partial charge in [0, 0.05) is 33.1 Å². The van der Waals surface area contributed by atoms with Crippen molar-refractivity contribution in [1.29, 1.82) is 0 Å². The van der Waals surface area contributed by atoms with Crippen molar-refractivity contribution in [2.24, 2.45) is 4.99 Å². The normalized spacial score (nSPS) is 11.0. The Hall–Kier alpha value is -2.04. The molecule has 0 amide bonds. The van der Waals surface area contributed by atoms with E-state index >= 15 is 0 Å². The lowest BCUT2D eigenvalue weighted by atomic mass is 10.1. The summed E-state index contributed by atoms with van der Waals surface area (Å²) < 4.78 is 12.7. The molecule has 0 saturated heterocycles. The van der Waals surface area contributed by atoms with Gasteiger partial charge in [-0.1, -0.05) is 13.0 Å². The first-order chi connectivity index (χ1) is 13.6. The molecule has 29 heavy (non-hydrogen) atoms. The first-order valence-electron chi connectivity index (χ1n) is 9.69. The number of ether oxygens (including phenoxy) is 2. The summed E-state index contributed by atoms with van der Waals surface area (Å²) >= 11 is 0. The number of nitrogens with zero attached hydrogens (tertiary/aromatic N) is 5. The van der Waals surface area contributed by atoms with E-state index in [9.17, 15) is 0 Å². The Morgan fingerprint density at radius 1 is 1.21 bits per heavy atom. The van der Waals surface area contributed by atoms with Crippen LogP contribution in [0.15, 0.2) is 29.5 Å². The van der Waals surface area contributed by atoms with Crippen molar-refractivity contribution in [3.8, 4) is 11.5 Å². The van der Waals surface area contributed by atoms with E-state index in [-0.39, 0.29) is 24.0 Å². The number of aromatic nitrogens is 3. The van der Waals surface area contributed by atoms with Crippen LogP contribution in [0.5, 0.6) is 11.5 Å². The molecule has 8 nitrogen and oxygen atoms in total. The van der Waals surface area contributed by atoms with Gasteiger partial charge in [-0.3, -0.25) is 4.99 Å². The molecule has 162 valence electrons. The zero-order chi connectivity index (χ0) is 20.4. The average Bonchev–Trinajstić information content (AvgIpc) is 3.18. The number of methoxy groups -OCH3 is 2. The van der Waals surface area contributed by atoms with Gasteiger partial charge < -0.3 is 24.3 Å². The van der Waals surface area contributed by atoms with Crippen LogP contribution in [0.1, 0.15) is 25.2 Å². The maximum Gasteiger partial charge on any atom is 0.193 e. The Morgan fingerprint density at radius 2 is 1.97 bits per heavy atom. The zero-order valence-corrected chi connectivity index (χ0v) is 20.3. The lowest BCUT2D eigenvalue weighted by Crippen LogP contribution is -2.40. The van der Waals surface area contributed by atoms with Crippen LogP contribution in [0.25, 0.3) is 0 Å². The lowest BCUT2D eigenvalue weighted by Gasteiger charge is -2.22. The smallest absolute Gasteiger partial charge is 0.193 e. The van der Waals surface area contributed by atoms with Crippen LogP contribution in [0.4, 0.5) is 0 Å². The van der Waals surface area contributed by atoms with E-state index in [0.717, 1.165) is 55.8 Å². The van der Waals surface area contributed by atoms with Gasteiger partial charge in [-0.25, -0.2) is 0 Å². The Kier molecular flexibility index (Phi) is 11.4. The van der Waals surface area contributed by atoms with Crippen molar-refractivity contribution in [2.75, 3.05) is 40.9 Å². The standard InChI is InChI=1S/C20H32N6O2.HI/c1-6-19-24-23-15-26(19)13-11-22-20(21-7-2)25(3)12-10-16-8-9-17(27-4)18(14-16)28-5;/h8-9,14-15H,6-7,10-13H2,1-5H3,(H,21,22);1H. The predicted molar refractivity (Wildman–Crippen MR) is 127 cm³/mol. The lowest BCUT2D eigenvalue weighted by molar-refractivity contribution is 0.354. The first-order valence-corrected chi connectivity index (χ1v) is 9.69. The van der Waals surface area contributed by atoms with E-state index in [1.54, 1.807) is 20.5 Å². The van der Waals surface area contributed by atoms with Crippen LogP contribution >= 0.6 is 24.0 Å². The van der Waals surface area contributed by atoms with Gasteiger partial charge in [-0.05, 0) is 31.0 Å². The molecule has 1 aromatic heterocycles. The molecule has 0 bridgehead atoms. The number of hydrogen-bond donors (Lipinski definition) is 1. The molecule has 0 unspecified atom stereocenters. The van der Waals surface area contributed by atoms with Gasteiger partial charge in [0.05, 0.1) is 20.8 Å². The number of nitrogens with one attached hydrogen (secondary N) is 1. The van der Waals surface area contributed by atoms with Crippen molar-refractivity contribution in [1.82, 2.24) is 25.0 Å². The molecule has 2 aromatic rings. The quantitative estimate of drug-likeness (QED) is 0.297. The van der Waals surface area contributed by atoms with Crippen LogP contribution in [0, 0.1) is 0 Å². The Labute approximate surface area is 190 Å². The Morgan fingerprint density at radius 3 is 2.62 bits per heavy atom. The molecule has 0 fully saturated rings. The van der Waals surface area contributed by atoms with Gasteiger partial charge in [-0.2, -0.15) is 0 Å². The molecule has 0 saturated carbocycles. The van der Waals surface area contributed by atoms with E-state index in [0.29, 0.717) is 6.54 Å². The summed E-state index contributed by atoms with van der Waals surface area (Å²) in [5.41, 5.74) is 1.19. The molecule has 1 N–H and O–H groups in total. The minimum atomic E-state index is 0. The van der Waals surface area contributed by atoms with Gasteiger partial charge in [-0.15, -0.1) is 34.2 Å². The predicted octanol–water partition coefficient (Wildman–Crippen LogP) is 2.62. The molecule has 1 heterocycles. The third-order valence-electron chi connectivity index (χ3n) is 4.49. The number of benzene rings is 1. The third kappa shape index (κ3) is 7.37. The fourth-order valence-electron chi connectivity index (χ4n) is 2.91. The maximum atomic E-state index is 5.39. The largest absolute Gasteiger partial charge is 0.493 e. The molecule has 0 aliphatic rings. The number of guanidine groups is 1.